The van der Waals surface area contributed by atoms with E-state index >= 15 is 0 Å². The molecule has 5 heteroatoms. The van der Waals surface area contributed by atoms with E-state index in [4.69, 9.17) is 10.5 Å². The van der Waals surface area contributed by atoms with Gasteiger partial charge in [0.25, 0.3) is 5.91 Å². The third-order valence-corrected chi connectivity index (χ3v) is 4.52. The van der Waals surface area contributed by atoms with Crippen LogP contribution in [0.2, 0.25) is 0 Å². The molecule has 1 aliphatic rings. The van der Waals surface area contributed by atoms with Crippen LogP contribution in [0.1, 0.15) is 28.9 Å². The Morgan fingerprint density at radius 2 is 2.26 bits per heavy atom. The van der Waals surface area contributed by atoms with E-state index in [9.17, 15) is 4.79 Å². The highest BCUT2D eigenvalue weighted by atomic mass is 16.5. The normalized spacial score (nSPS) is 18.2. The van der Waals surface area contributed by atoms with Crippen molar-refractivity contribution in [3.05, 3.63) is 35.5 Å². The molecule has 2 aromatic rings. The molecule has 23 heavy (non-hydrogen) atoms. The summed E-state index contributed by atoms with van der Waals surface area (Å²) in [6.07, 6.45) is 2.12. The first-order chi connectivity index (χ1) is 11.1. The third-order valence-electron chi connectivity index (χ3n) is 4.52. The monoisotopic (exact) mass is 313 g/mol. The van der Waals surface area contributed by atoms with Gasteiger partial charge in [-0.3, -0.25) is 9.78 Å². The second-order valence-electron chi connectivity index (χ2n) is 6.19. The lowest BCUT2D eigenvalue weighted by atomic mass is 9.97. The highest BCUT2D eigenvalue weighted by Gasteiger charge is 2.25. The lowest BCUT2D eigenvalue weighted by molar-refractivity contribution is 0.0680. The second-order valence-corrected chi connectivity index (χ2v) is 6.19. The topological polar surface area (TPSA) is 68.5 Å². The van der Waals surface area contributed by atoms with Crippen LogP contribution in [0.4, 0.5) is 0 Å². The van der Waals surface area contributed by atoms with Crippen molar-refractivity contribution in [3.8, 4) is 5.75 Å². The number of hydrogen-bond donors (Lipinski definition) is 1. The number of rotatable bonds is 3. The van der Waals surface area contributed by atoms with Gasteiger partial charge in [0.15, 0.2) is 0 Å². The molecule has 0 saturated carbocycles. The Kier molecular flexibility index (Phi) is 4.48. The molecule has 2 heterocycles. The number of nitrogens with zero attached hydrogens (tertiary/aromatic N) is 2. The van der Waals surface area contributed by atoms with E-state index < -0.39 is 0 Å². The highest BCUT2D eigenvalue weighted by Crippen LogP contribution is 2.26. The fourth-order valence-corrected chi connectivity index (χ4v) is 3.26. The molecule has 0 spiro atoms. The van der Waals surface area contributed by atoms with Crippen LogP contribution >= 0.6 is 0 Å². The highest BCUT2D eigenvalue weighted by molar-refractivity contribution is 6.06. The summed E-state index contributed by atoms with van der Waals surface area (Å²) in [5.74, 6) is 1.22. The molecule has 0 aliphatic carbocycles. The summed E-state index contributed by atoms with van der Waals surface area (Å²) in [5.41, 5.74) is 8.13. The average Bonchev–Trinajstić information content (AvgIpc) is 2.59. The van der Waals surface area contributed by atoms with Gasteiger partial charge in [-0.05, 0) is 50.4 Å². The fourth-order valence-electron chi connectivity index (χ4n) is 3.26. The summed E-state index contributed by atoms with van der Waals surface area (Å²) >= 11 is 0. The molecule has 0 bridgehead atoms. The van der Waals surface area contributed by atoms with E-state index in [2.05, 4.69) is 4.98 Å². The number of carbonyl (C=O) groups is 1. The molecule has 0 radical (unpaired) electrons. The summed E-state index contributed by atoms with van der Waals surface area (Å²) in [7, 11) is 1.63. The molecule has 2 N–H and O–H groups in total. The Morgan fingerprint density at radius 1 is 1.43 bits per heavy atom. The van der Waals surface area contributed by atoms with E-state index in [1.165, 1.54) is 0 Å². The fraction of sp³-hybridized carbons (Fsp3) is 0.444. The number of likely N-dealkylation sites (tertiary alicyclic amines) is 1. The van der Waals surface area contributed by atoms with Gasteiger partial charge in [-0.15, -0.1) is 0 Å². The van der Waals surface area contributed by atoms with Crippen LogP contribution in [0.15, 0.2) is 24.3 Å². The van der Waals surface area contributed by atoms with Gasteiger partial charge in [-0.1, -0.05) is 0 Å². The number of aryl methyl sites for hydroxylation is 1. The van der Waals surface area contributed by atoms with Crippen LogP contribution in [0.25, 0.3) is 10.9 Å². The Morgan fingerprint density at radius 3 is 3.00 bits per heavy atom. The quantitative estimate of drug-likeness (QED) is 0.944. The Bertz CT molecular complexity index is 730. The van der Waals surface area contributed by atoms with E-state index in [0.29, 0.717) is 18.0 Å². The minimum atomic E-state index is 0.0730. The smallest absolute Gasteiger partial charge is 0.254 e. The molecule has 1 atom stereocenters. The second kappa shape index (κ2) is 6.54. The van der Waals surface area contributed by atoms with Crippen LogP contribution in [-0.4, -0.2) is 42.5 Å². The van der Waals surface area contributed by atoms with Gasteiger partial charge in [0.1, 0.15) is 5.75 Å². The Labute approximate surface area is 136 Å². The van der Waals surface area contributed by atoms with Crippen molar-refractivity contribution in [1.29, 1.82) is 0 Å². The number of pyridine rings is 1. The van der Waals surface area contributed by atoms with E-state index in [0.717, 1.165) is 48.3 Å². The summed E-state index contributed by atoms with van der Waals surface area (Å²) in [4.78, 5) is 19.5. The largest absolute Gasteiger partial charge is 0.497 e. The van der Waals surface area contributed by atoms with Crippen LogP contribution in [0.3, 0.4) is 0 Å². The summed E-state index contributed by atoms with van der Waals surface area (Å²) in [5, 5.41) is 0.872. The molecular weight excluding hydrogens is 290 g/mol. The van der Waals surface area contributed by atoms with Crippen LogP contribution < -0.4 is 10.5 Å². The number of fused-ring (bicyclic) bond motifs is 1. The molecule has 0 unspecified atom stereocenters. The minimum absolute atomic E-state index is 0.0730. The standard InChI is InChI=1S/C18H23N3O2/c1-12-8-16(15-6-5-14(23-2)9-17(15)20-12)18(22)21-7-3-4-13(10-19)11-21/h5-6,8-9,13H,3-4,7,10-11,19H2,1-2H3/t13-/m0/s1. The number of aromatic nitrogens is 1. The van der Waals surface area contributed by atoms with Gasteiger partial charge in [-0.2, -0.15) is 0 Å². The Balaban J connectivity index is 1.99. The number of nitrogens with two attached hydrogens (primary N) is 1. The van der Waals surface area contributed by atoms with Gasteiger partial charge in [-0.25, -0.2) is 0 Å². The zero-order valence-corrected chi connectivity index (χ0v) is 13.7. The Hall–Kier alpha value is -2.14. The zero-order valence-electron chi connectivity index (χ0n) is 13.7. The number of methoxy groups -OCH3 is 1. The first kappa shape index (κ1) is 15.7. The van der Waals surface area contributed by atoms with Gasteiger partial charge >= 0.3 is 0 Å². The maximum atomic E-state index is 13.0. The number of amides is 1. The molecule has 1 aromatic heterocycles. The number of carbonyl (C=O) groups excluding carboxylic acids is 1. The molecular formula is C18H23N3O2. The number of benzene rings is 1. The third kappa shape index (κ3) is 3.15. The van der Waals surface area contributed by atoms with Crippen molar-refractivity contribution < 1.29 is 9.53 Å². The maximum absolute atomic E-state index is 13.0. The first-order valence-corrected chi connectivity index (χ1v) is 8.07. The number of hydrogen-bond acceptors (Lipinski definition) is 4. The first-order valence-electron chi connectivity index (χ1n) is 8.07. The van der Waals surface area contributed by atoms with Crippen LogP contribution in [-0.2, 0) is 0 Å². The SMILES string of the molecule is COc1ccc2c(C(=O)N3CCC[C@@H](CN)C3)cc(C)nc2c1. The average molecular weight is 313 g/mol. The molecule has 1 amide bonds. The maximum Gasteiger partial charge on any atom is 0.254 e. The minimum Gasteiger partial charge on any atom is -0.497 e. The van der Waals surface area contributed by atoms with Crippen molar-refractivity contribution in [2.24, 2.45) is 11.7 Å². The van der Waals surface area contributed by atoms with Gasteiger partial charge in [0, 0.05) is 30.2 Å². The van der Waals surface area contributed by atoms with Crippen molar-refractivity contribution in [1.82, 2.24) is 9.88 Å². The lowest BCUT2D eigenvalue weighted by Gasteiger charge is -2.32. The van der Waals surface area contributed by atoms with Gasteiger partial charge < -0.3 is 15.4 Å². The van der Waals surface area contributed by atoms with Crippen molar-refractivity contribution in [3.63, 3.8) is 0 Å². The van der Waals surface area contributed by atoms with Crippen molar-refractivity contribution in [2.45, 2.75) is 19.8 Å². The van der Waals surface area contributed by atoms with E-state index in [-0.39, 0.29) is 5.91 Å². The zero-order chi connectivity index (χ0) is 16.4. The van der Waals surface area contributed by atoms with E-state index in [1.54, 1.807) is 7.11 Å². The molecule has 1 aromatic carbocycles. The molecule has 5 nitrogen and oxygen atoms in total. The predicted molar refractivity (Wildman–Crippen MR) is 90.7 cm³/mol. The van der Waals surface area contributed by atoms with Crippen LogP contribution in [0, 0.1) is 12.8 Å². The molecule has 1 aliphatic heterocycles. The summed E-state index contributed by atoms with van der Waals surface area (Å²) in [6, 6.07) is 7.54. The lowest BCUT2D eigenvalue weighted by Crippen LogP contribution is -2.42. The van der Waals surface area contributed by atoms with Crippen molar-refractivity contribution in [2.75, 3.05) is 26.7 Å². The van der Waals surface area contributed by atoms with Crippen LogP contribution in [0.5, 0.6) is 5.75 Å². The van der Waals surface area contributed by atoms with E-state index in [1.807, 2.05) is 36.1 Å². The number of piperidine rings is 1. The summed E-state index contributed by atoms with van der Waals surface area (Å²) in [6.45, 7) is 4.09. The molecule has 3 rings (SSSR count). The summed E-state index contributed by atoms with van der Waals surface area (Å²) < 4.78 is 5.26. The van der Waals surface area contributed by atoms with Gasteiger partial charge in [0.2, 0.25) is 0 Å². The number of ether oxygens (including phenoxy) is 1. The predicted octanol–water partition coefficient (Wildman–Crippen LogP) is 2.36. The molecule has 122 valence electrons. The molecule has 1 saturated heterocycles. The van der Waals surface area contributed by atoms with Crippen molar-refractivity contribution >= 4 is 16.8 Å². The van der Waals surface area contributed by atoms with Gasteiger partial charge in [0.05, 0.1) is 18.2 Å². The molecule has 1 fully saturated rings.